The molecule has 0 amide bonds. The lowest BCUT2D eigenvalue weighted by Gasteiger charge is -2.02. The third kappa shape index (κ3) is 2.65. The molecule has 0 spiro atoms. The Labute approximate surface area is 108 Å². The van der Waals surface area contributed by atoms with Crippen LogP contribution in [0.4, 0.5) is 0 Å². The molecule has 2 rings (SSSR count). The highest BCUT2D eigenvalue weighted by Crippen LogP contribution is 2.14. The van der Waals surface area contributed by atoms with Gasteiger partial charge in [0.1, 0.15) is 5.52 Å². The second-order valence-corrected chi connectivity index (χ2v) is 4.05. The number of aromatic nitrogens is 3. The van der Waals surface area contributed by atoms with E-state index in [1.165, 1.54) is 13.2 Å². The summed E-state index contributed by atoms with van der Waals surface area (Å²) in [5, 5.41) is 15.8. The average molecular weight is 268 g/mol. The summed E-state index contributed by atoms with van der Waals surface area (Å²) in [4.78, 5) is 15.6. The first-order chi connectivity index (χ1) is 8.60. The molecule has 0 aliphatic rings. The average Bonchev–Trinajstić information content (AvgIpc) is 2.37. The Hall–Kier alpha value is -1.95. The minimum Gasteiger partial charge on any atom is -0.594 e. The molecule has 0 saturated carbocycles. The summed E-state index contributed by atoms with van der Waals surface area (Å²) < 4.78 is 4.51. The van der Waals surface area contributed by atoms with Gasteiger partial charge in [-0.3, -0.25) is 4.79 Å². The first-order valence-electron chi connectivity index (χ1n) is 5.23. The lowest BCUT2D eigenvalue weighted by molar-refractivity contribution is -0.644. The van der Waals surface area contributed by atoms with Gasteiger partial charge < -0.3 is 9.94 Å². The summed E-state index contributed by atoms with van der Waals surface area (Å²) >= 11 is 5.78. The van der Waals surface area contributed by atoms with Crippen LogP contribution in [0.2, 0.25) is 5.02 Å². The van der Waals surface area contributed by atoms with Crippen molar-refractivity contribution in [3.05, 3.63) is 34.3 Å². The highest BCUT2D eigenvalue weighted by molar-refractivity contribution is 6.31. The van der Waals surface area contributed by atoms with E-state index in [1.54, 1.807) is 12.1 Å². The maximum absolute atomic E-state index is 11.7. The summed E-state index contributed by atoms with van der Waals surface area (Å²) in [6.45, 7) is 0. The number of nitrogens with zero attached hydrogens (tertiary/aromatic N) is 3. The number of benzene rings is 1. The van der Waals surface area contributed by atoms with Gasteiger partial charge in [-0.1, -0.05) is 11.6 Å². The van der Waals surface area contributed by atoms with Crippen LogP contribution in [-0.2, 0) is 16.0 Å². The van der Waals surface area contributed by atoms with Gasteiger partial charge in [0.25, 0.3) is 5.52 Å². The highest BCUT2D eigenvalue weighted by atomic mass is 35.5. The number of methoxy groups -OCH3 is 1. The molecule has 0 fully saturated rings. The second-order valence-electron chi connectivity index (χ2n) is 3.61. The molecule has 7 heteroatoms. The predicted molar refractivity (Wildman–Crippen MR) is 63.8 cm³/mol. The Balaban J connectivity index is 2.31. The second kappa shape index (κ2) is 5.14. The number of fused-ring (bicyclic) bond motifs is 1. The molecular formula is C11H10ClN3O3. The standard InChI is InChI=1S/C11H10ClN3O3/c1-18-11(16)5-4-10-13-8-3-2-7(12)6-9(8)15(17)14-10/h2-3,6H,4-5H2,1H3. The fraction of sp³-hybridized carbons (Fsp3) is 0.273. The molecule has 0 atom stereocenters. The SMILES string of the molecule is COC(=O)CCc1nc2ccc(Cl)cc2[n+]([O-])n1. The van der Waals surface area contributed by atoms with Crippen molar-refractivity contribution in [2.45, 2.75) is 12.8 Å². The van der Waals surface area contributed by atoms with Crippen molar-refractivity contribution in [3.63, 3.8) is 0 Å². The van der Waals surface area contributed by atoms with E-state index in [1.807, 2.05) is 0 Å². The lowest BCUT2D eigenvalue weighted by atomic mass is 10.3. The number of hydrogen-bond donors (Lipinski definition) is 0. The number of aryl methyl sites for hydroxylation is 1. The molecule has 1 aromatic heterocycles. The van der Waals surface area contributed by atoms with Gasteiger partial charge in [-0.2, -0.15) is 0 Å². The Kier molecular flexibility index (Phi) is 3.57. The van der Waals surface area contributed by atoms with Crippen LogP contribution in [0.5, 0.6) is 0 Å². The van der Waals surface area contributed by atoms with Crippen molar-refractivity contribution >= 4 is 28.6 Å². The molecule has 0 unspecified atom stereocenters. The van der Waals surface area contributed by atoms with Gasteiger partial charge in [-0.05, 0) is 17.0 Å². The van der Waals surface area contributed by atoms with Crippen LogP contribution < -0.4 is 4.85 Å². The quantitative estimate of drug-likeness (QED) is 0.471. The van der Waals surface area contributed by atoms with Crippen LogP contribution in [0.3, 0.4) is 0 Å². The van der Waals surface area contributed by atoms with E-state index in [2.05, 4.69) is 14.8 Å². The van der Waals surface area contributed by atoms with Gasteiger partial charge in [0.2, 0.25) is 0 Å². The Morgan fingerprint density at radius 2 is 2.33 bits per heavy atom. The number of carbonyl (C=O) groups excluding carboxylic acids is 1. The van der Waals surface area contributed by atoms with Gasteiger partial charge in [0.05, 0.1) is 13.5 Å². The van der Waals surface area contributed by atoms with Crippen LogP contribution in [0, 0.1) is 5.21 Å². The minimum atomic E-state index is -0.368. The number of hydrogen-bond acceptors (Lipinski definition) is 5. The number of esters is 1. The largest absolute Gasteiger partial charge is 0.594 e. The number of halogens is 1. The zero-order valence-electron chi connectivity index (χ0n) is 9.59. The molecule has 94 valence electrons. The molecule has 0 N–H and O–H groups in total. The maximum Gasteiger partial charge on any atom is 0.305 e. The summed E-state index contributed by atoms with van der Waals surface area (Å²) in [5.41, 5.74) is 0.786. The van der Waals surface area contributed by atoms with Gasteiger partial charge in [0.15, 0.2) is 5.82 Å². The van der Waals surface area contributed by atoms with Gasteiger partial charge in [0, 0.05) is 22.6 Å². The molecule has 0 saturated heterocycles. The smallest absolute Gasteiger partial charge is 0.305 e. The van der Waals surface area contributed by atoms with Crippen LogP contribution >= 0.6 is 11.6 Å². The molecule has 6 nitrogen and oxygen atoms in total. The Bertz CT molecular complexity index is 603. The molecule has 1 aromatic carbocycles. The van der Waals surface area contributed by atoms with E-state index in [4.69, 9.17) is 11.6 Å². The van der Waals surface area contributed by atoms with E-state index in [0.29, 0.717) is 26.7 Å². The van der Waals surface area contributed by atoms with Crippen molar-refractivity contribution in [1.82, 2.24) is 10.1 Å². The van der Waals surface area contributed by atoms with Crippen molar-refractivity contribution in [2.75, 3.05) is 7.11 Å². The first-order valence-corrected chi connectivity index (χ1v) is 5.61. The van der Waals surface area contributed by atoms with Crippen molar-refractivity contribution in [3.8, 4) is 0 Å². The Morgan fingerprint density at radius 1 is 1.56 bits per heavy atom. The normalized spacial score (nSPS) is 10.6. The number of rotatable bonds is 3. The minimum absolute atomic E-state index is 0.135. The van der Waals surface area contributed by atoms with E-state index in [0.717, 1.165) is 0 Å². The van der Waals surface area contributed by atoms with Crippen LogP contribution in [0.25, 0.3) is 11.0 Å². The van der Waals surface area contributed by atoms with E-state index >= 15 is 0 Å². The molecular weight excluding hydrogens is 258 g/mol. The van der Waals surface area contributed by atoms with Crippen molar-refractivity contribution in [1.29, 1.82) is 0 Å². The molecule has 18 heavy (non-hydrogen) atoms. The summed E-state index contributed by atoms with van der Waals surface area (Å²) in [5.74, 6) is -0.0718. The Morgan fingerprint density at radius 3 is 3.06 bits per heavy atom. The first kappa shape index (κ1) is 12.5. The van der Waals surface area contributed by atoms with Crippen LogP contribution in [-0.4, -0.2) is 23.2 Å². The van der Waals surface area contributed by atoms with Crippen molar-refractivity contribution < 1.29 is 14.4 Å². The van der Waals surface area contributed by atoms with E-state index in [9.17, 15) is 10.0 Å². The van der Waals surface area contributed by atoms with E-state index in [-0.39, 0.29) is 18.8 Å². The van der Waals surface area contributed by atoms with Crippen molar-refractivity contribution in [2.24, 2.45) is 0 Å². The predicted octanol–water partition coefficient (Wildman–Crippen LogP) is 1.02. The molecule has 1 heterocycles. The van der Waals surface area contributed by atoms with Gasteiger partial charge in [-0.25, -0.2) is 4.98 Å². The monoisotopic (exact) mass is 267 g/mol. The van der Waals surface area contributed by atoms with Crippen LogP contribution in [0.1, 0.15) is 12.2 Å². The zero-order chi connectivity index (χ0) is 13.1. The van der Waals surface area contributed by atoms with Gasteiger partial charge >= 0.3 is 5.97 Å². The topological polar surface area (TPSA) is 79.0 Å². The lowest BCUT2D eigenvalue weighted by Crippen LogP contribution is -2.34. The number of carbonyl (C=O) groups is 1. The number of ether oxygens (including phenoxy) is 1. The zero-order valence-corrected chi connectivity index (χ0v) is 10.3. The summed E-state index contributed by atoms with van der Waals surface area (Å²) in [7, 11) is 1.30. The van der Waals surface area contributed by atoms with E-state index < -0.39 is 0 Å². The molecule has 0 aliphatic carbocycles. The summed E-state index contributed by atoms with van der Waals surface area (Å²) in [6.07, 6.45) is 0.392. The molecule has 0 bridgehead atoms. The third-order valence-corrected chi connectivity index (χ3v) is 2.61. The fourth-order valence-electron chi connectivity index (χ4n) is 1.49. The highest BCUT2D eigenvalue weighted by Gasteiger charge is 2.12. The molecule has 0 radical (unpaired) electrons. The summed E-state index contributed by atoms with van der Waals surface area (Å²) in [6, 6.07) is 4.77. The third-order valence-electron chi connectivity index (χ3n) is 2.38. The molecule has 2 aromatic rings. The molecule has 0 aliphatic heterocycles. The fourth-order valence-corrected chi connectivity index (χ4v) is 1.65. The van der Waals surface area contributed by atoms with Gasteiger partial charge in [-0.15, -0.1) is 0 Å². The van der Waals surface area contributed by atoms with Crippen LogP contribution in [0.15, 0.2) is 18.2 Å². The maximum atomic E-state index is 11.7.